The molecule has 0 heteroatoms. The zero-order valence-corrected chi connectivity index (χ0v) is 21.1. The number of fused-ring (bicyclic) bond motifs is 7. The van der Waals surface area contributed by atoms with E-state index in [0.717, 1.165) is 23.7 Å². The summed E-state index contributed by atoms with van der Waals surface area (Å²) in [5.74, 6) is 3.84. The van der Waals surface area contributed by atoms with Gasteiger partial charge in [-0.05, 0) is 127 Å². The first-order valence-corrected chi connectivity index (χ1v) is 13.3. The Morgan fingerprint density at radius 2 is 1.14 bits per heavy atom. The lowest BCUT2D eigenvalue weighted by Crippen LogP contribution is -2.66. The summed E-state index contributed by atoms with van der Waals surface area (Å²) in [5.41, 5.74) is 3.51. The lowest BCUT2D eigenvalue weighted by Gasteiger charge is -2.74. The van der Waals surface area contributed by atoms with Crippen molar-refractivity contribution in [3.8, 4) is 0 Å². The van der Waals surface area contributed by atoms with Gasteiger partial charge in [-0.2, -0.15) is 0 Å². The highest BCUT2D eigenvalue weighted by Gasteiger charge is 2.70. The summed E-state index contributed by atoms with van der Waals surface area (Å²) >= 11 is 0. The van der Waals surface area contributed by atoms with E-state index in [4.69, 9.17) is 0 Å². The van der Waals surface area contributed by atoms with E-state index < -0.39 is 0 Å². The quantitative estimate of drug-likeness (QED) is 0.382. The van der Waals surface area contributed by atoms with E-state index in [2.05, 4.69) is 55.4 Å². The van der Waals surface area contributed by atoms with Gasteiger partial charge in [0.25, 0.3) is 0 Å². The minimum Gasteiger partial charge on any atom is -0.0620 e. The normalized spacial score (nSPS) is 61.2. The third-order valence-corrected chi connectivity index (χ3v) is 13.6. The molecule has 5 saturated carbocycles. The van der Waals surface area contributed by atoms with Crippen molar-refractivity contribution in [2.75, 3.05) is 0 Å². The Morgan fingerprint density at radius 3 is 1.86 bits per heavy atom. The summed E-state index contributed by atoms with van der Waals surface area (Å²) in [6.45, 7) is 21.5. The molecule has 29 heavy (non-hydrogen) atoms. The lowest BCUT2D eigenvalue weighted by atomic mass is 9.31. The lowest BCUT2D eigenvalue weighted by molar-refractivity contribution is -0.248. The van der Waals surface area contributed by atoms with E-state index in [9.17, 15) is 0 Å². The van der Waals surface area contributed by atoms with Gasteiger partial charge < -0.3 is 0 Å². The second-order valence-corrected chi connectivity index (χ2v) is 15.0. The van der Waals surface area contributed by atoms with Gasteiger partial charge in [0.1, 0.15) is 0 Å². The van der Waals surface area contributed by atoms with Crippen LogP contribution in [0.4, 0.5) is 0 Å². The summed E-state index contributed by atoms with van der Waals surface area (Å²) < 4.78 is 0. The Morgan fingerprint density at radius 1 is 0.517 bits per heavy atom. The maximum Gasteiger partial charge on any atom is -0.0235 e. The molecule has 0 N–H and O–H groups in total. The minimum atomic E-state index is 0.554. The van der Waals surface area contributed by atoms with Crippen LogP contribution in [-0.2, 0) is 0 Å². The van der Waals surface area contributed by atoms with Crippen molar-refractivity contribution >= 4 is 0 Å². The van der Waals surface area contributed by atoms with Crippen molar-refractivity contribution < 1.29 is 0 Å². The van der Waals surface area contributed by atoms with Crippen LogP contribution in [0.15, 0.2) is 0 Å². The van der Waals surface area contributed by atoms with E-state index in [1.807, 2.05) is 0 Å². The highest BCUT2D eigenvalue weighted by Crippen LogP contribution is 2.78. The summed E-state index contributed by atoms with van der Waals surface area (Å²) in [7, 11) is 0. The van der Waals surface area contributed by atoms with Crippen LogP contribution in [0.25, 0.3) is 0 Å². The zero-order valence-electron chi connectivity index (χ0n) is 21.1. The Balaban J connectivity index is 1.55. The van der Waals surface area contributed by atoms with Gasteiger partial charge in [-0.3, -0.25) is 0 Å². The topological polar surface area (TPSA) is 0 Å². The van der Waals surface area contributed by atoms with Gasteiger partial charge in [-0.25, -0.2) is 0 Å². The summed E-state index contributed by atoms with van der Waals surface area (Å²) in [4.78, 5) is 0. The van der Waals surface area contributed by atoms with Gasteiger partial charge in [-0.1, -0.05) is 55.4 Å². The number of rotatable bonds is 0. The van der Waals surface area contributed by atoms with Crippen molar-refractivity contribution in [1.82, 2.24) is 0 Å². The smallest absolute Gasteiger partial charge is 0.0235 e. The van der Waals surface area contributed by atoms with Crippen LogP contribution in [0.1, 0.15) is 126 Å². The second-order valence-electron chi connectivity index (χ2n) is 15.0. The summed E-state index contributed by atoms with van der Waals surface area (Å²) in [6, 6.07) is 0. The SMILES string of the molecule is C[C@H]1CC[C@@H]2[C@]1(C)CC[C@H]1[C@@]2(C)CC[C@@]2(C)[C@H]3CC(C)(C)CC[C@]3(C)CC[C@]12C. The Hall–Kier alpha value is 0. The second kappa shape index (κ2) is 5.86. The summed E-state index contributed by atoms with van der Waals surface area (Å²) in [5, 5.41) is 0. The fourth-order valence-corrected chi connectivity index (χ4v) is 11.1. The first kappa shape index (κ1) is 20.9. The van der Waals surface area contributed by atoms with Gasteiger partial charge in [0.15, 0.2) is 0 Å². The molecule has 5 aliphatic carbocycles. The predicted molar refractivity (Wildman–Crippen MR) is 125 cm³/mol. The van der Waals surface area contributed by atoms with E-state index >= 15 is 0 Å². The van der Waals surface area contributed by atoms with Gasteiger partial charge in [0.2, 0.25) is 0 Å². The van der Waals surface area contributed by atoms with Gasteiger partial charge in [0.05, 0.1) is 0 Å². The maximum atomic E-state index is 2.80. The van der Waals surface area contributed by atoms with Crippen molar-refractivity contribution in [2.24, 2.45) is 56.2 Å². The molecule has 9 atom stereocenters. The molecule has 0 bridgehead atoms. The average Bonchev–Trinajstić information content (AvgIpc) is 2.95. The molecule has 166 valence electrons. The third kappa shape index (κ3) is 2.44. The monoisotopic (exact) mass is 398 g/mol. The molecule has 0 spiro atoms. The largest absolute Gasteiger partial charge is 0.0620 e. The van der Waals surface area contributed by atoms with Crippen molar-refractivity contribution in [3.05, 3.63) is 0 Å². The van der Waals surface area contributed by atoms with Crippen molar-refractivity contribution in [2.45, 2.75) is 126 Å². The molecule has 5 aliphatic rings. The van der Waals surface area contributed by atoms with Gasteiger partial charge in [0, 0.05) is 0 Å². The molecular weight excluding hydrogens is 348 g/mol. The number of hydrogen-bond acceptors (Lipinski definition) is 0. The van der Waals surface area contributed by atoms with Crippen LogP contribution < -0.4 is 0 Å². The third-order valence-electron chi connectivity index (χ3n) is 13.6. The van der Waals surface area contributed by atoms with Crippen LogP contribution in [0, 0.1) is 56.2 Å². The van der Waals surface area contributed by atoms with Crippen molar-refractivity contribution in [3.63, 3.8) is 0 Å². The Kier molecular flexibility index (Phi) is 4.22. The molecule has 0 amide bonds. The molecule has 0 heterocycles. The molecule has 0 radical (unpaired) electrons. The minimum absolute atomic E-state index is 0.554. The first-order valence-electron chi connectivity index (χ1n) is 13.3. The van der Waals surface area contributed by atoms with Crippen LogP contribution in [-0.4, -0.2) is 0 Å². The average molecular weight is 399 g/mol. The van der Waals surface area contributed by atoms with Crippen LogP contribution in [0.5, 0.6) is 0 Å². The van der Waals surface area contributed by atoms with E-state index in [-0.39, 0.29) is 0 Å². The maximum absolute atomic E-state index is 2.80. The standard InChI is InChI=1S/C29H50/c1-20-9-10-21-26(20,5)12-11-22-27(21,6)16-18-29(8)23-19-24(2,3)13-14-25(23,4)15-17-28(22,29)7/h20-23H,9-19H2,1-8H3/t20-,21+,22-,23-,25+,26+,27-,28+,29-/m0/s1. The van der Waals surface area contributed by atoms with Gasteiger partial charge in [-0.15, -0.1) is 0 Å². The highest BCUT2D eigenvalue weighted by atomic mass is 14.7. The molecule has 5 fully saturated rings. The molecule has 0 aromatic heterocycles. The molecule has 0 aromatic rings. The molecule has 0 aromatic carbocycles. The van der Waals surface area contributed by atoms with Crippen molar-refractivity contribution in [1.29, 1.82) is 0 Å². The van der Waals surface area contributed by atoms with E-state index in [1.54, 1.807) is 0 Å². The predicted octanol–water partition coefficient (Wildman–Crippen LogP) is 8.89. The number of hydrogen-bond donors (Lipinski definition) is 0. The Labute approximate surface area is 182 Å². The Bertz CT molecular complexity index is 690. The first-order chi connectivity index (χ1) is 13.3. The molecule has 0 aliphatic heterocycles. The van der Waals surface area contributed by atoms with Crippen LogP contribution in [0.3, 0.4) is 0 Å². The fourth-order valence-electron chi connectivity index (χ4n) is 11.1. The molecule has 0 unspecified atom stereocenters. The molecule has 5 rings (SSSR count). The van der Waals surface area contributed by atoms with Gasteiger partial charge >= 0.3 is 0 Å². The highest BCUT2D eigenvalue weighted by molar-refractivity contribution is 5.19. The van der Waals surface area contributed by atoms with E-state index in [0.29, 0.717) is 32.5 Å². The van der Waals surface area contributed by atoms with Crippen LogP contribution >= 0.6 is 0 Å². The molecule has 0 saturated heterocycles. The molecular formula is C29H50. The summed E-state index contributed by atoms with van der Waals surface area (Å²) in [6.07, 6.45) is 16.5. The zero-order chi connectivity index (χ0) is 21.1. The van der Waals surface area contributed by atoms with E-state index in [1.165, 1.54) is 70.6 Å². The van der Waals surface area contributed by atoms with Crippen LogP contribution in [0.2, 0.25) is 0 Å². The fraction of sp³-hybridized carbons (Fsp3) is 1.00. The molecule has 0 nitrogen and oxygen atoms in total.